The van der Waals surface area contributed by atoms with Crippen LogP contribution in [-0.4, -0.2) is 23.5 Å². The third kappa shape index (κ3) is 6.05. The SMILES string of the molecule is CC(=O)NC(=S)Nc1ccc(NC(=O)COc2ccccc2)cc1. The maximum atomic E-state index is 11.8. The highest BCUT2D eigenvalue weighted by molar-refractivity contribution is 7.80. The van der Waals surface area contributed by atoms with Gasteiger partial charge < -0.3 is 20.7 Å². The average molecular weight is 343 g/mol. The summed E-state index contributed by atoms with van der Waals surface area (Å²) in [5, 5.41) is 8.28. The Labute approximate surface area is 145 Å². The van der Waals surface area contributed by atoms with Crippen LogP contribution in [0.2, 0.25) is 0 Å². The number of hydrogen-bond acceptors (Lipinski definition) is 4. The number of carbonyl (C=O) groups is 2. The minimum absolute atomic E-state index is 0.0728. The second kappa shape index (κ2) is 8.64. The maximum Gasteiger partial charge on any atom is 0.262 e. The molecule has 2 rings (SSSR count). The fourth-order valence-electron chi connectivity index (χ4n) is 1.82. The van der Waals surface area contributed by atoms with Gasteiger partial charge in [0.15, 0.2) is 11.7 Å². The van der Waals surface area contributed by atoms with Gasteiger partial charge in [0.2, 0.25) is 5.91 Å². The minimum Gasteiger partial charge on any atom is -0.484 e. The van der Waals surface area contributed by atoms with Crippen molar-refractivity contribution in [3.8, 4) is 5.75 Å². The van der Waals surface area contributed by atoms with E-state index in [1.54, 1.807) is 36.4 Å². The molecule has 124 valence electrons. The highest BCUT2D eigenvalue weighted by Crippen LogP contribution is 2.14. The van der Waals surface area contributed by atoms with Crippen LogP contribution < -0.4 is 20.7 Å². The van der Waals surface area contributed by atoms with Gasteiger partial charge in [0, 0.05) is 18.3 Å². The third-order valence-corrected chi connectivity index (χ3v) is 3.03. The Kier molecular flexibility index (Phi) is 6.27. The number of carbonyl (C=O) groups excluding carboxylic acids is 2. The molecule has 0 heterocycles. The second-order valence-electron chi connectivity index (χ2n) is 4.86. The number of thiocarbonyl (C=S) groups is 1. The number of para-hydroxylation sites is 1. The van der Waals surface area contributed by atoms with E-state index in [0.717, 1.165) is 0 Å². The molecule has 0 fully saturated rings. The smallest absolute Gasteiger partial charge is 0.262 e. The average Bonchev–Trinajstić information content (AvgIpc) is 2.55. The zero-order chi connectivity index (χ0) is 17.4. The first-order chi connectivity index (χ1) is 11.5. The first kappa shape index (κ1) is 17.4. The summed E-state index contributed by atoms with van der Waals surface area (Å²) in [6.07, 6.45) is 0. The van der Waals surface area contributed by atoms with E-state index in [9.17, 15) is 9.59 Å². The van der Waals surface area contributed by atoms with Gasteiger partial charge in [-0.15, -0.1) is 0 Å². The van der Waals surface area contributed by atoms with Crippen LogP contribution in [0, 0.1) is 0 Å². The highest BCUT2D eigenvalue weighted by Gasteiger charge is 2.04. The van der Waals surface area contributed by atoms with Gasteiger partial charge >= 0.3 is 0 Å². The van der Waals surface area contributed by atoms with Crippen LogP contribution in [-0.2, 0) is 9.59 Å². The number of anilines is 2. The summed E-state index contributed by atoms with van der Waals surface area (Å²) in [5.41, 5.74) is 1.33. The number of rotatable bonds is 5. The van der Waals surface area contributed by atoms with E-state index in [0.29, 0.717) is 17.1 Å². The Hall–Kier alpha value is -2.93. The van der Waals surface area contributed by atoms with Crippen LogP contribution in [0.5, 0.6) is 5.75 Å². The molecule has 0 radical (unpaired) electrons. The Morgan fingerprint density at radius 2 is 1.54 bits per heavy atom. The predicted molar refractivity (Wildman–Crippen MR) is 97.0 cm³/mol. The largest absolute Gasteiger partial charge is 0.484 e. The molecule has 0 bridgehead atoms. The van der Waals surface area contributed by atoms with E-state index >= 15 is 0 Å². The van der Waals surface area contributed by atoms with E-state index in [2.05, 4.69) is 16.0 Å². The lowest BCUT2D eigenvalue weighted by Gasteiger charge is -2.10. The number of amides is 2. The predicted octanol–water partition coefficient (Wildman–Crippen LogP) is 2.54. The van der Waals surface area contributed by atoms with Crippen molar-refractivity contribution in [2.24, 2.45) is 0 Å². The topological polar surface area (TPSA) is 79.5 Å². The zero-order valence-electron chi connectivity index (χ0n) is 13.0. The molecular weight excluding hydrogens is 326 g/mol. The highest BCUT2D eigenvalue weighted by atomic mass is 32.1. The zero-order valence-corrected chi connectivity index (χ0v) is 13.9. The molecule has 0 aliphatic rings. The minimum atomic E-state index is -0.256. The van der Waals surface area contributed by atoms with Gasteiger partial charge in [-0.05, 0) is 48.6 Å². The van der Waals surface area contributed by atoms with Gasteiger partial charge in [0.25, 0.3) is 5.91 Å². The molecule has 2 amide bonds. The van der Waals surface area contributed by atoms with Gasteiger partial charge in [0.05, 0.1) is 0 Å². The summed E-state index contributed by atoms with van der Waals surface area (Å²) in [6, 6.07) is 16.0. The molecule has 0 atom stereocenters. The van der Waals surface area contributed by atoms with Gasteiger partial charge in [-0.25, -0.2) is 0 Å². The first-order valence-corrected chi connectivity index (χ1v) is 7.60. The van der Waals surface area contributed by atoms with Crippen LogP contribution in [0.1, 0.15) is 6.92 Å². The van der Waals surface area contributed by atoms with Crippen LogP contribution in [0.15, 0.2) is 54.6 Å². The molecule has 6 nitrogen and oxygen atoms in total. The first-order valence-electron chi connectivity index (χ1n) is 7.19. The summed E-state index contributed by atoms with van der Waals surface area (Å²) >= 11 is 4.97. The van der Waals surface area contributed by atoms with Crippen LogP contribution in [0.25, 0.3) is 0 Å². The lowest BCUT2D eigenvalue weighted by Crippen LogP contribution is -2.32. The number of hydrogen-bond donors (Lipinski definition) is 3. The Morgan fingerprint density at radius 3 is 2.12 bits per heavy atom. The van der Waals surface area contributed by atoms with Gasteiger partial charge in [-0.1, -0.05) is 18.2 Å². The lowest BCUT2D eigenvalue weighted by molar-refractivity contribution is -0.118. The molecule has 2 aromatic rings. The molecule has 2 aromatic carbocycles. The molecular formula is C17H17N3O3S. The molecule has 0 spiro atoms. The van der Waals surface area contributed by atoms with Gasteiger partial charge in [-0.3, -0.25) is 9.59 Å². The lowest BCUT2D eigenvalue weighted by atomic mass is 10.3. The number of benzene rings is 2. The molecule has 3 N–H and O–H groups in total. The Morgan fingerprint density at radius 1 is 0.958 bits per heavy atom. The fourth-order valence-corrected chi connectivity index (χ4v) is 2.08. The summed E-state index contributed by atoms with van der Waals surface area (Å²) in [6.45, 7) is 1.31. The normalized spacial score (nSPS) is 9.71. The second-order valence-corrected chi connectivity index (χ2v) is 5.27. The van der Waals surface area contributed by atoms with Crippen molar-refractivity contribution in [1.29, 1.82) is 0 Å². The van der Waals surface area contributed by atoms with Crippen LogP contribution in [0.3, 0.4) is 0 Å². The van der Waals surface area contributed by atoms with Gasteiger partial charge in [0.1, 0.15) is 5.75 Å². The third-order valence-electron chi connectivity index (χ3n) is 2.83. The molecule has 0 saturated carbocycles. The van der Waals surface area contributed by atoms with Crippen molar-refractivity contribution < 1.29 is 14.3 Å². The van der Waals surface area contributed by atoms with Crippen molar-refractivity contribution >= 4 is 40.5 Å². The Bertz CT molecular complexity index is 718. The molecule has 24 heavy (non-hydrogen) atoms. The Balaban J connectivity index is 1.81. The van der Waals surface area contributed by atoms with Gasteiger partial charge in [-0.2, -0.15) is 0 Å². The summed E-state index contributed by atoms with van der Waals surface area (Å²) in [4.78, 5) is 22.7. The van der Waals surface area contributed by atoms with Crippen molar-refractivity contribution in [2.75, 3.05) is 17.2 Å². The van der Waals surface area contributed by atoms with E-state index in [4.69, 9.17) is 17.0 Å². The van der Waals surface area contributed by atoms with E-state index in [1.165, 1.54) is 6.92 Å². The van der Waals surface area contributed by atoms with Crippen molar-refractivity contribution in [3.63, 3.8) is 0 Å². The van der Waals surface area contributed by atoms with Crippen LogP contribution in [0.4, 0.5) is 11.4 Å². The summed E-state index contributed by atoms with van der Waals surface area (Å²) in [7, 11) is 0. The standard InChI is InChI=1S/C17H17N3O3S/c1-12(21)18-17(24)20-14-9-7-13(8-10-14)19-16(22)11-23-15-5-3-2-4-6-15/h2-10H,11H2,1H3,(H,19,22)(H2,18,20,21,24). The maximum absolute atomic E-state index is 11.8. The van der Waals surface area contributed by atoms with Crippen molar-refractivity contribution in [2.45, 2.75) is 6.92 Å². The van der Waals surface area contributed by atoms with Crippen molar-refractivity contribution in [3.05, 3.63) is 54.6 Å². The summed E-state index contributed by atoms with van der Waals surface area (Å²) < 4.78 is 5.37. The molecule has 0 aliphatic carbocycles. The summed E-state index contributed by atoms with van der Waals surface area (Å²) in [5.74, 6) is 0.141. The molecule has 0 unspecified atom stereocenters. The quantitative estimate of drug-likeness (QED) is 0.727. The molecule has 7 heteroatoms. The van der Waals surface area contributed by atoms with Crippen molar-refractivity contribution in [1.82, 2.24) is 5.32 Å². The number of ether oxygens (including phenoxy) is 1. The monoisotopic (exact) mass is 343 g/mol. The molecule has 0 aliphatic heterocycles. The van der Waals surface area contributed by atoms with E-state index in [1.807, 2.05) is 18.2 Å². The number of nitrogens with one attached hydrogen (secondary N) is 3. The molecule has 0 aromatic heterocycles. The fraction of sp³-hybridized carbons (Fsp3) is 0.118. The van der Waals surface area contributed by atoms with E-state index in [-0.39, 0.29) is 23.5 Å². The van der Waals surface area contributed by atoms with Crippen LogP contribution >= 0.6 is 12.2 Å². The van der Waals surface area contributed by atoms with E-state index < -0.39 is 0 Å². The molecule has 0 saturated heterocycles.